The number of nitrogens with one attached hydrogen (secondary N) is 1. The Balaban J connectivity index is 1.71. The topological polar surface area (TPSA) is 94.8 Å². The Morgan fingerprint density at radius 1 is 1.00 bits per heavy atom. The third-order valence-corrected chi connectivity index (χ3v) is 4.16. The molecule has 1 heterocycles. The predicted molar refractivity (Wildman–Crippen MR) is 112 cm³/mol. The van der Waals surface area contributed by atoms with Crippen molar-refractivity contribution < 1.29 is 23.5 Å². The van der Waals surface area contributed by atoms with Crippen LogP contribution in [0.4, 0.5) is 0 Å². The average molecular weight is 409 g/mol. The van der Waals surface area contributed by atoms with Crippen LogP contribution in [0, 0.1) is 13.8 Å². The molecule has 0 radical (unpaired) electrons. The minimum Gasteiger partial charge on any atom is -0.482 e. The van der Waals surface area contributed by atoms with Gasteiger partial charge in [0, 0.05) is 17.5 Å². The minimum absolute atomic E-state index is 0.0807. The molecule has 1 amide bonds. The van der Waals surface area contributed by atoms with Gasteiger partial charge in [-0.15, -0.1) is 0 Å². The Morgan fingerprint density at radius 2 is 1.70 bits per heavy atom. The van der Waals surface area contributed by atoms with Gasteiger partial charge in [0.15, 0.2) is 6.61 Å². The lowest BCUT2D eigenvalue weighted by Gasteiger charge is -2.09. The molecule has 3 aromatic rings. The molecule has 2 aromatic carbocycles. The molecule has 0 bridgehead atoms. The van der Waals surface area contributed by atoms with Crippen LogP contribution in [0.3, 0.4) is 0 Å². The lowest BCUT2D eigenvalue weighted by Crippen LogP contribution is -2.33. The molecular formula is C23H23NO6. The maximum Gasteiger partial charge on any atom is 0.349 e. The number of aryl methyl sites for hydroxylation is 2. The second kappa shape index (κ2) is 8.82. The molecule has 3 rings (SSSR count). The average Bonchev–Trinajstić information content (AvgIpc) is 2.64. The molecule has 0 aliphatic heterocycles. The number of ether oxygens (including phenoxy) is 2. The molecule has 7 nitrogen and oxygen atoms in total. The molecule has 7 heteroatoms. The summed E-state index contributed by atoms with van der Waals surface area (Å²) < 4.78 is 16.0. The number of carbonyl (C=O) groups is 2. The SMILES string of the molecule is Cc1cc(C)cc(OCC(=O)Oc2ccc3cc(C(=O)NC(C)C)c(=O)oc3c2)c1. The van der Waals surface area contributed by atoms with Gasteiger partial charge in [0.2, 0.25) is 0 Å². The monoisotopic (exact) mass is 409 g/mol. The molecule has 1 N–H and O–H groups in total. The van der Waals surface area contributed by atoms with Crippen LogP contribution < -0.4 is 20.4 Å². The lowest BCUT2D eigenvalue weighted by molar-refractivity contribution is -0.136. The van der Waals surface area contributed by atoms with E-state index >= 15 is 0 Å². The van der Waals surface area contributed by atoms with E-state index in [4.69, 9.17) is 13.9 Å². The number of amides is 1. The van der Waals surface area contributed by atoms with Crippen molar-refractivity contribution in [2.45, 2.75) is 33.7 Å². The van der Waals surface area contributed by atoms with Crippen molar-refractivity contribution in [3.05, 3.63) is 69.6 Å². The fourth-order valence-electron chi connectivity index (χ4n) is 2.97. The maximum atomic E-state index is 12.1. The van der Waals surface area contributed by atoms with E-state index in [2.05, 4.69) is 5.32 Å². The number of rotatable bonds is 6. The second-order valence-electron chi connectivity index (χ2n) is 7.36. The molecule has 0 aliphatic carbocycles. The molecule has 0 atom stereocenters. The van der Waals surface area contributed by atoms with Crippen molar-refractivity contribution in [3.8, 4) is 11.5 Å². The summed E-state index contributed by atoms with van der Waals surface area (Å²) in [6.45, 7) is 7.22. The van der Waals surface area contributed by atoms with Crippen molar-refractivity contribution in [3.63, 3.8) is 0 Å². The molecule has 0 aliphatic rings. The molecule has 0 saturated heterocycles. The predicted octanol–water partition coefficient (Wildman–Crippen LogP) is 3.53. The zero-order valence-corrected chi connectivity index (χ0v) is 17.3. The summed E-state index contributed by atoms with van der Waals surface area (Å²) in [7, 11) is 0. The van der Waals surface area contributed by atoms with Gasteiger partial charge in [-0.1, -0.05) is 6.07 Å². The third-order valence-electron chi connectivity index (χ3n) is 4.16. The lowest BCUT2D eigenvalue weighted by atomic mass is 10.1. The van der Waals surface area contributed by atoms with Gasteiger partial charge in [-0.05, 0) is 69.2 Å². The Labute approximate surface area is 173 Å². The first kappa shape index (κ1) is 21.1. The van der Waals surface area contributed by atoms with Crippen LogP contribution in [0.2, 0.25) is 0 Å². The first-order valence-electron chi connectivity index (χ1n) is 9.52. The highest BCUT2D eigenvalue weighted by molar-refractivity contribution is 5.96. The van der Waals surface area contributed by atoms with Crippen molar-refractivity contribution in [1.82, 2.24) is 5.32 Å². The summed E-state index contributed by atoms with van der Waals surface area (Å²) in [6, 6.07) is 11.6. The van der Waals surface area contributed by atoms with Gasteiger partial charge in [-0.3, -0.25) is 4.79 Å². The molecule has 0 fully saturated rings. The third kappa shape index (κ3) is 5.26. The summed E-state index contributed by atoms with van der Waals surface area (Å²) in [6.07, 6.45) is 0. The van der Waals surface area contributed by atoms with Crippen molar-refractivity contribution in [2.24, 2.45) is 0 Å². The first-order valence-corrected chi connectivity index (χ1v) is 9.52. The van der Waals surface area contributed by atoms with Crippen LogP contribution in [-0.4, -0.2) is 24.5 Å². The first-order chi connectivity index (χ1) is 14.2. The summed E-state index contributed by atoms with van der Waals surface area (Å²) >= 11 is 0. The number of hydrogen-bond acceptors (Lipinski definition) is 6. The van der Waals surface area contributed by atoms with Gasteiger partial charge in [0.05, 0.1) is 0 Å². The Hall–Kier alpha value is -3.61. The van der Waals surface area contributed by atoms with Gasteiger partial charge in [0.25, 0.3) is 5.91 Å². The fraction of sp³-hybridized carbons (Fsp3) is 0.261. The highest BCUT2D eigenvalue weighted by atomic mass is 16.6. The molecular weight excluding hydrogens is 386 g/mol. The molecule has 0 unspecified atom stereocenters. The van der Waals surface area contributed by atoms with E-state index in [-0.39, 0.29) is 29.5 Å². The Morgan fingerprint density at radius 3 is 2.37 bits per heavy atom. The quantitative estimate of drug-likeness (QED) is 0.380. The van der Waals surface area contributed by atoms with E-state index < -0.39 is 17.5 Å². The van der Waals surface area contributed by atoms with Crippen LogP contribution in [0.25, 0.3) is 11.0 Å². The number of fused-ring (bicyclic) bond motifs is 1. The Bertz CT molecular complexity index is 1140. The van der Waals surface area contributed by atoms with Crippen LogP contribution in [0.5, 0.6) is 11.5 Å². The minimum atomic E-state index is -0.762. The van der Waals surface area contributed by atoms with Gasteiger partial charge in [-0.2, -0.15) is 0 Å². The Kier molecular flexibility index (Phi) is 6.20. The summed E-state index contributed by atoms with van der Waals surface area (Å²) in [5.41, 5.74) is 1.43. The fourth-order valence-corrected chi connectivity index (χ4v) is 2.97. The van der Waals surface area contributed by atoms with Gasteiger partial charge < -0.3 is 19.2 Å². The van der Waals surface area contributed by atoms with Crippen molar-refractivity contribution in [2.75, 3.05) is 6.61 Å². The summed E-state index contributed by atoms with van der Waals surface area (Å²) in [5.74, 6) is -0.302. The van der Waals surface area contributed by atoms with Gasteiger partial charge in [-0.25, -0.2) is 9.59 Å². The van der Waals surface area contributed by atoms with E-state index in [1.54, 1.807) is 26.0 Å². The molecule has 1 aromatic heterocycles. The normalized spacial score (nSPS) is 10.8. The highest BCUT2D eigenvalue weighted by Crippen LogP contribution is 2.21. The molecule has 0 saturated carbocycles. The largest absolute Gasteiger partial charge is 0.482 e. The molecule has 30 heavy (non-hydrogen) atoms. The van der Waals surface area contributed by atoms with Gasteiger partial charge in [0.1, 0.15) is 22.6 Å². The second-order valence-corrected chi connectivity index (χ2v) is 7.36. The van der Waals surface area contributed by atoms with E-state index in [9.17, 15) is 14.4 Å². The van der Waals surface area contributed by atoms with E-state index in [0.29, 0.717) is 11.1 Å². The van der Waals surface area contributed by atoms with Crippen molar-refractivity contribution in [1.29, 1.82) is 0 Å². The molecule has 156 valence electrons. The number of carbonyl (C=O) groups excluding carboxylic acids is 2. The van der Waals surface area contributed by atoms with E-state index in [1.165, 1.54) is 12.1 Å². The van der Waals surface area contributed by atoms with E-state index in [1.807, 2.05) is 32.0 Å². The highest BCUT2D eigenvalue weighted by Gasteiger charge is 2.15. The summed E-state index contributed by atoms with van der Waals surface area (Å²) in [5, 5.41) is 3.19. The maximum absolute atomic E-state index is 12.1. The van der Waals surface area contributed by atoms with Crippen LogP contribution in [0.15, 0.2) is 51.7 Å². The van der Waals surface area contributed by atoms with E-state index in [0.717, 1.165) is 11.1 Å². The van der Waals surface area contributed by atoms with Crippen LogP contribution in [0.1, 0.15) is 35.3 Å². The van der Waals surface area contributed by atoms with Crippen LogP contribution >= 0.6 is 0 Å². The standard InChI is InChI=1S/C23H23NO6/c1-13(2)24-22(26)19-10-16-5-6-17(11-20(16)30-23(19)27)29-21(25)12-28-18-8-14(3)7-15(4)9-18/h5-11,13H,12H2,1-4H3,(H,24,26). The summed E-state index contributed by atoms with van der Waals surface area (Å²) in [4.78, 5) is 36.4. The van der Waals surface area contributed by atoms with Gasteiger partial charge >= 0.3 is 11.6 Å². The van der Waals surface area contributed by atoms with Crippen molar-refractivity contribution >= 4 is 22.8 Å². The number of benzene rings is 2. The number of hydrogen-bond donors (Lipinski definition) is 1. The molecule has 0 spiro atoms. The number of esters is 1. The zero-order valence-electron chi connectivity index (χ0n) is 17.3. The smallest absolute Gasteiger partial charge is 0.349 e. The zero-order chi connectivity index (χ0) is 21.8. The van der Waals surface area contributed by atoms with Crippen LogP contribution in [-0.2, 0) is 4.79 Å².